The fraction of sp³-hybridized carbons (Fsp3) is 0. The first-order valence-electron chi connectivity index (χ1n) is 5.73. The summed E-state index contributed by atoms with van der Waals surface area (Å²) in [5.74, 6) is 0. The monoisotopic (exact) mass is 495 g/mol. The fourth-order valence-corrected chi connectivity index (χ4v) is 1.03. The van der Waals surface area contributed by atoms with Gasteiger partial charge in [-0.1, -0.05) is 0 Å². The van der Waals surface area contributed by atoms with Gasteiger partial charge in [-0.15, -0.1) is 0 Å². The minimum Gasteiger partial charge on any atom is -1.00 e. The smallest absolute Gasteiger partial charge is 1.00 e. The van der Waals surface area contributed by atoms with Crippen molar-refractivity contribution in [3.63, 3.8) is 0 Å². The van der Waals surface area contributed by atoms with Crippen molar-refractivity contribution >= 4 is 9.90 Å². The summed E-state index contributed by atoms with van der Waals surface area (Å²) in [6.07, 6.45) is 0. The molecule has 1 unspecified atom stereocenters. The van der Waals surface area contributed by atoms with E-state index in [2.05, 4.69) is 18.2 Å². The van der Waals surface area contributed by atoms with Gasteiger partial charge in [0.25, 0.3) is 0 Å². The largest absolute Gasteiger partial charge is 4.00 e. The summed E-state index contributed by atoms with van der Waals surface area (Å²) in [6.45, 7) is 0. The van der Waals surface area contributed by atoms with E-state index in [1.165, 1.54) is 0 Å². The van der Waals surface area contributed by atoms with E-state index >= 15 is 0 Å². The molecule has 0 aromatic heterocycles. The van der Waals surface area contributed by atoms with Crippen molar-refractivity contribution in [3.8, 4) is 0 Å². The molecule has 3 heteroatoms. The molecule has 0 amide bonds. The van der Waals surface area contributed by atoms with Crippen LogP contribution in [0.3, 0.4) is 0 Å². The Balaban J connectivity index is -0.000000216. The van der Waals surface area contributed by atoms with Crippen molar-refractivity contribution in [1.82, 2.24) is 0 Å². The molecule has 0 nitrogen and oxygen atoms in total. The summed E-state index contributed by atoms with van der Waals surface area (Å²) in [5.41, 5.74) is 0. The van der Waals surface area contributed by atoms with Gasteiger partial charge in [0.2, 0.25) is 0 Å². The molecule has 0 radical (unpaired) electrons. The van der Waals surface area contributed by atoms with Gasteiger partial charge in [-0.25, -0.2) is 0 Å². The number of hydrogen-bond donors (Lipinski definition) is 0. The topological polar surface area (TPSA) is 0 Å². The molecule has 0 aliphatic carbocycles. The minimum atomic E-state index is 0. The molecule has 0 bridgehead atoms. The van der Waals surface area contributed by atoms with Crippen LogP contribution in [0.2, 0.25) is 0 Å². The van der Waals surface area contributed by atoms with Gasteiger partial charge in [0.1, 0.15) is 0 Å². The predicted octanol–water partition coefficient (Wildman–Crippen LogP) is 1.52. The van der Waals surface area contributed by atoms with Crippen LogP contribution in [-0.2, 0) is 21.1 Å². The van der Waals surface area contributed by atoms with E-state index in [1.807, 2.05) is 91.0 Å². The van der Waals surface area contributed by atoms with Gasteiger partial charge in [0.15, 0.2) is 0 Å². The molecule has 3 rings (SSSR count). The molecule has 112 valence electrons. The average Bonchev–Trinajstić information content (AvgIpc) is 2.54. The van der Waals surface area contributed by atoms with Gasteiger partial charge < -0.3 is 12.4 Å². The molecular formula is C18H18ClPPt. The van der Waals surface area contributed by atoms with E-state index in [9.17, 15) is 0 Å². The number of halogens is 1. The maximum absolute atomic E-state index is 2.89. The summed E-state index contributed by atoms with van der Waals surface area (Å²) in [4.78, 5) is 0. The van der Waals surface area contributed by atoms with Gasteiger partial charge in [-0.3, -0.25) is 0 Å². The maximum Gasteiger partial charge on any atom is 4.00 e. The van der Waals surface area contributed by atoms with Crippen molar-refractivity contribution in [1.29, 1.82) is 0 Å². The third kappa shape index (κ3) is 19.1. The van der Waals surface area contributed by atoms with E-state index in [0.29, 0.717) is 0 Å². The van der Waals surface area contributed by atoms with Crippen LogP contribution in [0.5, 0.6) is 0 Å². The molecule has 0 N–H and O–H groups in total. The molecule has 1 atom stereocenters. The molecule has 0 spiro atoms. The Bertz CT molecular complexity index is 308. The molecule has 3 aromatic rings. The van der Waals surface area contributed by atoms with E-state index in [1.54, 1.807) is 0 Å². The third-order valence-corrected chi connectivity index (χ3v) is 1.82. The first kappa shape index (κ1) is 25.0. The SMILES string of the molecule is P.[Cl-].[Pt+4].[c-]1ccccc1.[c-]1ccccc1.[c-]1ccccc1. The second-order valence-corrected chi connectivity index (χ2v) is 3.23. The molecule has 0 fully saturated rings. The van der Waals surface area contributed by atoms with Crippen LogP contribution in [0.1, 0.15) is 0 Å². The zero-order valence-electron chi connectivity index (χ0n) is 11.6. The Morgan fingerprint density at radius 2 is 0.571 bits per heavy atom. The predicted molar refractivity (Wildman–Crippen MR) is 86.9 cm³/mol. The van der Waals surface area contributed by atoms with Crippen molar-refractivity contribution in [2.45, 2.75) is 0 Å². The number of hydrogen-bond acceptors (Lipinski definition) is 0. The first-order chi connectivity index (χ1) is 9.00. The zero-order chi connectivity index (χ0) is 12.7. The van der Waals surface area contributed by atoms with Crippen molar-refractivity contribution in [2.75, 3.05) is 0 Å². The number of rotatable bonds is 0. The molecule has 0 aliphatic heterocycles. The Morgan fingerprint density at radius 3 is 0.619 bits per heavy atom. The Kier molecular flexibility index (Phi) is 25.5. The van der Waals surface area contributed by atoms with Crippen LogP contribution in [0.4, 0.5) is 0 Å². The number of benzene rings is 3. The van der Waals surface area contributed by atoms with Crippen LogP contribution in [0.15, 0.2) is 91.0 Å². The second-order valence-electron chi connectivity index (χ2n) is 3.23. The first-order valence-corrected chi connectivity index (χ1v) is 5.73. The van der Waals surface area contributed by atoms with Crippen molar-refractivity contribution < 1.29 is 33.5 Å². The molecular weight excluding hydrogens is 478 g/mol. The molecule has 0 saturated carbocycles. The second kappa shape index (κ2) is 21.4. The minimum absolute atomic E-state index is 0. The van der Waals surface area contributed by atoms with E-state index in [-0.39, 0.29) is 43.4 Å². The zero-order valence-corrected chi connectivity index (χ0v) is 16.0. The van der Waals surface area contributed by atoms with Crippen molar-refractivity contribution in [3.05, 3.63) is 109 Å². The summed E-state index contributed by atoms with van der Waals surface area (Å²) < 4.78 is 0. The Morgan fingerprint density at radius 1 is 0.381 bits per heavy atom. The van der Waals surface area contributed by atoms with E-state index in [0.717, 1.165) is 0 Å². The molecule has 0 heterocycles. The van der Waals surface area contributed by atoms with Gasteiger partial charge in [0, 0.05) is 0 Å². The van der Waals surface area contributed by atoms with Gasteiger partial charge in [0.05, 0.1) is 0 Å². The van der Waals surface area contributed by atoms with Crippen LogP contribution >= 0.6 is 9.90 Å². The Hall–Kier alpha value is -0.932. The molecule has 21 heavy (non-hydrogen) atoms. The summed E-state index contributed by atoms with van der Waals surface area (Å²) >= 11 is 0. The summed E-state index contributed by atoms with van der Waals surface area (Å²) in [7, 11) is 0. The standard InChI is InChI=1S/3C6H5.ClH.H3P.Pt/c3*1-2-4-6-5-3-1;;;/h3*1-5H;1H;1H3;/q3*-1;;;+4/p-1. The van der Waals surface area contributed by atoms with Crippen LogP contribution in [0.25, 0.3) is 0 Å². The van der Waals surface area contributed by atoms with Crippen LogP contribution in [0, 0.1) is 18.2 Å². The van der Waals surface area contributed by atoms with Crippen LogP contribution < -0.4 is 12.4 Å². The Labute approximate surface area is 152 Å². The van der Waals surface area contributed by atoms with Gasteiger partial charge in [-0.2, -0.15) is 119 Å². The van der Waals surface area contributed by atoms with Gasteiger partial charge in [-0.05, 0) is 0 Å². The third-order valence-electron chi connectivity index (χ3n) is 1.82. The fourth-order valence-electron chi connectivity index (χ4n) is 1.03. The van der Waals surface area contributed by atoms with Crippen molar-refractivity contribution in [2.24, 2.45) is 0 Å². The van der Waals surface area contributed by atoms with E-state index < -0.39 is 0 Å². The molecule has 0 saturated heterocycles. The van der Waals surface area contributed by atoms with Gasteiger partial charge >= 0.3 is 21.1 Å². The molecule has 3 aromatic carbocycles. The average molecular weight is 496 g/mol. The summed E-state index contributed by atoms with van der Waals surface area (Å²) in [6, 6.07) is 37.5. The normalized spacial score (nSPS) is 6.86. The van der Waals surface area contributed by atoms with E-state index in [4.69, 9.17) is 0 Å². The maximum atomic E-state index is 2.89. The molecule has 0 aliphatic rings. The quantitative estimate of drug-likeness (QED) is 0.328. The summed E-state index contributed by atoms with van der Waals surface area (Å²) in [5, 5.41) is 0. The van der Waals surface area contributed by atoms with Crippen LogP contribution in [-0.4, -0.2) is 0 Å².